The minimum Gasteiger partial charge on any atom is -0.468 e. The van der Waals surface area contributed by atoms with E-state index in [1.54, 1.807) is 6.26 Å². The number of hydrogen-bond acceptors (Lipinski definition) is 3. The van der Waals surface area contributed by atoms with Crippen molar-refractivity contribution < 1.29 is 4.42 Å². The normalized spacial score (nSPS) is 13.4. The molecule has 0 saturated carbocycles. The van der Waals surface area contributed by atoms with E-state index in [2.05, 4.69) is 31.1 Å². The average molecular weight is 210 g/mol. The first kappa shape index (κ1) is 12.3. The molecule has 0 amide bonds. The number of nitrogens with one attached hydrogen (secondary N) is 1. The summed E-state index contributed by atoms with van der Waals surface area (Å²) >= 11 is 0. The second-order valence-corrected chi connectivity index (χ2v) is 4.07. The molecule has 1 aromatic heterocycles. The van der Waals surface area contributed by atoms with Gasteiger partial charge in [-0.15, -0.1) is 0 Å². The number of furan rings is 1. The molecule has 1 aromatic rings. The Bertz CT molecular complexity index is 283. The van der Waals surface area contributed by atoms with E-state index in [9.17, 15) is 0 Å². The highest BCUT2D eigenvalue weighted by Gasteiger charge is 2.12. The molecule has 15 heavy (non-hydrogen) atoms. The minimum atomic E-state index is 0.595. The van der Waals surface area contributed by atoms with Crippen molar-refractivity contribution in [2.45, 2.75) is 39.4 Å². The maximum atomic E-state index is 5.50. The molecule has 0 radical (unpaired) electrons. The first-order valence-corrected chi connectivity index (χ1v) is 5.59. The van der Waals surface area contributed by atoms with E-state index in [1.165, 1.54) is 12.0 Å². The molecule has 0 saturated heterocycles. The van der Waals surface area contributed by atoms with Crippen LogP contribution in [0.1, 0.15) is 31.6 Å². The molecule has 0 aliphatic rings. The molecule has 1 unspecified atom stereocenters. The van der Waals surface area contributed by atoms with E-state index < -0.39 is 0 Å². The minimum absolute atomic E-state index is 0.595. The van der Waals surface area contributed by atoms with Gasteiger partial charge in [0.1, 0.15) is 5.76 Å². The van der Waals surface area contributed by atoms with Crippen LogP contribution in [0.5, 0.6) is 0 Å². The van der Waals surface area contributed by atoms with E-state index in [-0.39, 0.29) is 0 Å². The Kier molecular flexibility index (Phi) is 4.85. The Labute approximate surface area is 92.5 Å². The van der Waals surface area contributed by atoms with Gasteiger partial charge in [-0.3, -0.25) is 4.90 Å². The zero-order valence-corrected chi connectivity index (χ0v) is 10.2. The summed E-state index contributed by atoms with van der Waals surface area (Å²) in [5.74, 6) is 1.08. The van der Waals surface area contributed by atoms with E-state index in [4.69, 9.17) is 4.42 Å². The quantitative estimate of drug-likeness (QED) is 0.780. The summed E-state index contributed by atoms with van der Waals surface area (Å²) < 4.78 is 5.50. The van der Waals surface area contributed by atoms with Crippen molar-refractivity contribution in [1.82, 2.24) is 10.2 Å². The first-order valence-electron chi connectivity index (χ1n) is 5.59. The molecule has 0 aliphatic heterocycles. The standard InChI is InChI=1S/C12H22N2O/c1-5-10(2)14(4)9-12-11(8-13-3)6-7-15-12/h6-7,10,13H,5,8-9H2,1-4H3. The van der Waals surface area contributed by atoms with Gasteiger partial charge in [-0.25, -0.2) is 0 Å². The molecule has 0 fully saturated rings. The monoisotopic (exact) mass is 210 g/mol. The highest BCUT2D eigenvalue weighted by molar-refractivity contribution is 5.16. The molecular formula is C12H22N2O. The van der Waals surface area contributed by atoms with Crippen molar-refractivity contribution in [3.05, 3.63) is 23.7 Å². The second-order valence-electron chi connectivity index (χ2n) is 4.07. The Morgan fingerprint density at radius 2 is 2.27 bits per heavy atom. The Hall–Kier alpha value is -0.800. The van der Waals surface area contributed by atoms with Gasteiger partial charge in [0.05, 0.1) is 12.8 Å². The maximum Gasteiger partial charge on any atom is 0.122 e. The van der Waals surface area contributed by atoms with Crippen LogP contribution in [0.15, 0.2) is 16.7 Å². The summed E-state index contributed by atoms with van der Waals surface area (Å²) in [4.78, 5) is 2.32. The Morgan fingerprint density at radius 1 is 1.53 bits per heavy atom. The van der Waals surface area contributed by atoms with Crippen molar-refractivity contribution >= 4 is 0 Å². The predicted molar refractivity (Wildman–Crippen MR) is 62.7 cm³/mol. The largest absolute Gasteiger partial charge is 0.468 e. The summed E-state index contributed by atoms with van der Waals surface area (Å²) in [6.07, 6.45) is 2.94. The molecule has 1 N–H and O–H groups in total. The second kappa shape index (κ2) is 5.93. The van der Waals surface area contributed by atoms with Crippen LogP contribution in [0, 0.1) is 0 Å². The lowest BCUT2D eigenvalue weighted by Crippen LogP contribution is -2.28. The summed E-state index contributed by atoms with van der Waals surface area (Å²) in [7, 11) is 4.09. The third-order valence-corrected chi connectivity index (χ3v) is 2.94. The number of nitrogens with zero attached hydrogens (tertiary/aromatic N) is 1. The summed E-state index contributed by atoms with van der Waals surface area (Å²) in [5, 5.41) is 3.15. The average Bonchev–Trinajstić information content (AvgIpc) is 2.65. The fraction of sp³-hybridized carbons (Fsp3) is 0.667. The SMILES string of the molecule is CCC(C)N(C)Cc1occc1CNC. The van der Waals surface area contributed by atoms with Gasteiger partial charge in [-0.2, -0.15) is 0 Å². The van der Waals surface area contributed by atoms with Crippen molar-refractivity contribution in [3.63, 3.8) is 0 Å². The van der Waals surface area contributed by atoms with Gasteiger partial charge in [-0.1, -0.05) is 6.92 Å². The van der Waals surface area contributed by atoms with Crippen LogP contribution in [0.3, 0.4) is 0 Å². The van der Waals surface area contributed by atoms with Crippen LogP contribution in [-0.4, -0.2) is 25.0 Å². The van der Waals surface area contributed by atoms with Gasteiger partial charge in [0.25, 0.3) is 0 Å². The summed E-state index contributed by atoms with van der Waals surface area (Å²) in [6.45, 7) is 6.21. The van der Waals surface area contributed by atoms with Gasteiger partial charge in [-0.05, 0) is 33.5 Å². The first-order chi connectivity index (χ1) is 7.19. The summed E-state index contributed by atoms with van der Waals surface area (Å²) in [5.41, 5.74) is 1.26. The van der Waals surface area contributed by atoms with Crippen LogP contribution in [0.25, 0.3) is 0 Å². The smallest absolute Gasteiger partial charge is 0.122 e. The van der Waals surface area contributed by atoms with Crippen LogP contribution in [0.2, 0.25) is 0 Å². The van der Waals surface area contributed by atoms with Crippen LogP contribution < -0.4 is 5.32 Å². The molecule has 0 bridgehead atoms. The van der Waals surface area contributed by atoms with Crippen LogP contribution in [0.4, 0.5) is 0 Å². The number of rotatable bonds is 6. The topological polar surface area (TPSA) is 28.4 Å². The Morgan fingerprint density at radius 3 is 2.87 bits per heavy atom. The molecule has 3 heteroatoms. The fourth-order valence-electron chi connectivity index (χ4n) is 1.55. The zero-order valence-electron chi connectivity index (χ0n) is 10.2. The van der Waals surface area contributed by atoms with Gasteiger partial charge >= 0.3 is 0 Å². The lowest BCUT2D eigenvalue weighted by molar-refractivity contribution is 0.224. The predicted octanol–water partition coefficient (Wildman–Crippen LogP) is 2.23. The summed E-state index contributed by atoms with van der Waals surface area (Å²) in [6, 6.07) is 2.63. The molecule has 0 aromatic carbocycles. The molecule has 3 nitrogen and oxygen atoms in total. The highest BCUT2D eigenvalue weighted by Crippen LogP contribution is 2.14. The Balaban J connectivity index is 2.59. The number of hydrogen-bond donors (Lipinski definition) is 1. The van der Waals surface area contributed by atoms with Crippen molar-refractivity contribution in [1.29, 1.82) is 0 Å². The van der Waals surface area contributed by atoms with Gasteiger partial charge in [0.15, 0.2) is 0 Å². The lowest BCUT2D eigenvalue weighted by Gasteiger charge is -2.22. The van der Waals surface area contributed by atoms with E-state index in [1.807, 2.05) is 13.1 Å². The lowest BCUT2D eigenvalue weighted by atomic mass is 10.2. The maximum absolute atomic E-state index is 5.50. The van der Waals surface area contributed by atoms with Gasteiger partial charge < -0.3 is 9.73 Å². The molecule has 86 valence electrons. The van der Waals surface area contributed by atoms with Crippen molar-refractivity contribution in [3.8, 4) is 0 Å². The van der Waals surface area contributed by atoms with Gasteiger partial charge in [0.2, 0.25) is 0 Å². The van der Waals surface area contributed by atoms with E-state index in [0.717, 1.165) is 18.8 Å². The molecule has 1 atom stereocenters. The molecule has 0 aliphatic carbocycles. The van der Waals surface area contributed by atoms with Gasteiger partial charge in [0, 0.05) is 18.2 Å². The van der Waals surface area contributed by atoms with Crippen LogP contribution >= 0.6 is 0 Å². The molecule has 1 heterocycles. The third kappa shape index (κ3) is 3.36. The van der Waals surface area contributed by atoms with E-state index in [0.29, 0.717) is 6.04 Å². The molecular weight excluding hydrogens is 188 g/mol. The molecule has 0 spiro atoms. The third-order valence-electron chi connectivity index (χ3n) is 2.94. The molecule has 1 rings (SSSR count). The van der Waals surface area contributed by atoms with Crippen LogP contribution in [-0.2, 0) is 13.1 Å². The fourth-order valence-corrected chi connectivity index (χ4v) is 1.55. The van der Waals surface area contributed by atoms with Crippen molar-refractivity contribution in [2.24, 2.45) is 0 Å². The highest BCUT2D eigenvalue weighted by atomic mass is 16.3. The van der Waals surface area contributed by atoms with E-state index >= 15 is 0 Å². The zero-order chi connectivity index (χ0) is 11.3. The van der Waals surface area contributed by atoms with Crippen molar-refractivity contribution in [2.75, 3.05) is 14.1 Å².